The van der Waals surface area contributed by atoms with Gasteiger partial charge in [0.25, 0.3) is 0 Å². The van der Waals surface area contributed by atoms with Crippen LogP contribution in [0.4, 0.5) is 0 Å². The molecule has 0 bridgehead atoms. The summed E-state index contributed by atoms with van der Waals surface area (Å²) in [7, 11) is 0. The zero-order valence-corrected chi connectivity index (χ0v) is 9.35. The predicted molar refractivity (Wildman–Crippen MR) is 57.3 cm³/mol. The van der Waals surface area contributed by atoms with Crippen molar-refractivity contribution in [2.24, 2.45) is 11.8 Å². The van der Waals surface area contributed by atoms with E-state index in [1.807, 2.05) is 0 Å². The maximum atomic E-state index is 2.38. The average molecular weight is 168 g/mol. The summed E-state index contributed by atoms with van der Waals surface area (Å²) in [5.74, 6) is 1.66. The molecule has 0 radical (unpaired) electrons. The molecular formula is C12H24. The van der Waals surface area contributed by atoms with Crippen molar-refractivity contribution >= 4 is 0 Å². The van der Waals surface area contributed by atoms with Crippen LogP contribution >= 0.6 is 0 Å². The Labute approximate surface area is 78.1 Å². The van der Waals surface area contributed by atoms with Gasteiger partial charge in [-0.2, -0.15) is 0 Å². The van der Waals surface area contributed by atoms with Gasteiger partial charge in [0, 0.05) is 0 Å². The zero-order valence-electron chi connectivity index (χ0n) is 9.35. The second kappa shape index (κ2) is 6.28. The second-order valence-corrected chi connectivity index (χ2v) is 3.76. The standard InChI is InChI=1S/C12H24/c1-6-9-11(5)12(8-3)10(4)7-2/h9-10,12H,6-8H2,1-5H3. The molecule has 0 aromatic heterocycles. The first-order chi connectivity index (χ1) is 5.67. The largest absolute Gasteiger partial charge is 0.0856 e. The first kappa shape index (κ1) is 11.7. The van der Waals surface area contributed by atoms with Crippen molar-refractivity contribution in [3.63, 3.8) is 0 Å². The number of allylic oxidation sites excluding steroid dienone is 2. The topological polar surface area (TPSA) is 0 Å². The molecular weight excluding hydrogens is 144 g/mol. The summed E-state index contributed by atoms with van der Waals surface area (Å²) in [6.45, 7) is 11.4. The molecule has 0 heterocycles. The lowest BCUT2D eigenvalue weighted by molar-refractivity contribution is 0.386. The lowest BCUT2D eigenvalue weighted by atomic mass is 9.84. The first-order valence-corrected chi connectivity index (χ1v) is 5.33. The summed E-state index contributed by atoms with van der Waals surface area (Å²) in [4.78, 5) is 0. The van der Waals surface area contributed by atoms with Gasteiger partial charge in [-0.25, -0.2) is 0 Å². The summed E-state index contributed by atoms with van der Waals surface area (Å²) in [5, 5.41) is 0. The van der Waals surface area contributed by atoms with Gasteiger partial charge in [-0.3, -0.25) is 0 Å². The van der Waals surface area contributed by atoms with Crippen LogP contribution in [0.15, 0.2) is 11.6 Å². The molecule has 0 aromatic carbocycles. The van der Waals surface area contributed by atoms with Gasteiger partial charge in [-0.05, 0) is 31.6 Å². The fraction of sp³-hybridized carbons (Fsp3) is 0.833. The van der Waals surface area contributed by atoms with Crippen molar-refractivity contribution in [1.82, 2.24) is 0 Å². The van der Waals surface area contributed by atoms with Crippen LogP contribution in [0, 0.1) is 11.8 Å². The Morgan fingerprint density at radius 3 is 2.08 bits per heavy atom. The molecule has 0 aromatic rings. The SMILES string of the molecule is CCC=C(C)C(CC)C(C)CC. The molecule has 0 saturated carbocycles. The fourth-order valence-electron chi connectivity index (χ4n) is 1.93. The maximum Gasteiger partial charge on any atom is -0.0183 e. The molecule has 0 spiro atoms. The summed E-state index contributed by atoms with van der Waals surface area (Å²) in [6, 6.07) is 0. The lowest BCUT2D eigenvalue weighted by Crippen LogP contribution is -2.11. The van der Waals surface area contributed by atoms with Crippen molar-refractivity contribution in [3.05, 3.63) is 11.6 Å². The third-order valence-corrected chi connectivity index (χ3v) is 2.88. The van der Waals surface area contributed by atoms with E-state index in [-0.39, 0.29) is 0 Å². The Bertz CT molecular complexity index is 133. The minimum Gasteiger partial charge on any atom is -0.0856 e. The number of hydrogen-bond acceptors (Lipinski definition) is 0. The van der Waals surface area contributed by atoms with Crippen LogP contribution in [0.1, 0.15) is 53.9 Å². The summed E-state index contributed by atoms with van der Waals surface area (Å²) < 4.78 is 0. The van der Waals surface area contributed by atoms with Gasteiger partial charge in [0.2, 0.25) is 0 Å². The minimum absolute atomic E-state index is 0.815. The van der Waals surface area contributed by atoms with E-state index in [4.69, 9.17) is 0 Å². The highest BCUT2D eigenvalue weighted by atomic mass is 14.2. The van der Waals surface area contributed by atoms with Crippen LogP contribution in [0.3, 0.4) is 0 Å². The van der Waals surface area contributed by atoms with Crippen LogP contribution in [-0.4, -0.2) is 0 Å². The molecule has 0 amide bonds. The van der Waals surface area contributed by atoms with E-state index >= 15 is 0 Å². The van der Waals surface area contributed by atoms with Crippen LogP contribution in [0.2, 0.25) is 0 Å². The highest BCUT2D eigenvalue weighted by Gasteiger charge is 2.14. The van der Waals surface area contributed by atoms with Gasteiger partial charge < -0.3 is 0 Å². The molecule has 0 nitrogen and oxygen atoms in total. The van der Waals surface area contributed by atoms with Crippen LogP contribution in [-0.2, 0) is 0 Å². The van der Waals surface area contributed by atoms with Crippen LogP contribution in [0.5, 0.6) is 0 Å². The van der Waals surface area contributed by atoms with Gasteiger partial charge in [0.1, 0.15) is 0 Å². The van der Waals surface area contributed by atoms with Gasteiger partial charge in [-0.1, -0.05) is 45.8 Å². The monoisotopic (exact) mass is 168 g/mol. The molecule has 0 rings (SSSR count). The minimum atomic E-state index is 0.815. The summed E-state index contributed by atoms with van der Waals surface area (Å²) in [5.41, 5.74) is 1.59. The smallest absolute Gasteiger partial charge is 0.0183 e. The van der Waals surface area contributed by atoms with E-state index in [9.17, 15) is 0 Å². The molecule has 12 heavy (non-hydrogen) atoms. The van der Waals surface area contributed by atoms with E-state index in [1.54, 1.807) is 5.57 Å². The van der Waals surface area contributed by atoms with Gasteiger partial charge in [0.15, 0.2) is 0 Å². The highest BCUT2D eigenvalue weighted by Crippen LogP contribution is 2.26. The van der Waals surface area contributed by atoms with Crippen LogP contribution < -0.4 is 0 Å². The van der Waals surface area contributed by atoms with Crippen molar-refractivity contribution in [2.75, 3.05) is 0 Å². The molecule has 2 unspecified atom stereocenters. The Kier molecular flexibility index (Phi) is 6.14. The van der Waals surface area contributed by atoms with E-state index in [0.29, 0.717) is 0 Å². The molecule has 0 N–H and O–H groups in total. The third kappa shape index (κ3) is 3.42. The molecule has 0 heteroatoms. The Balaban J connectivity index is 4.23. The third-order valence-electron chi connectivity index (χ3n) is 2.88. The van der Waals surface area contributed by atoms with Crippen LogP contribution in [0.25, 0.3) is 0 Å². The molecule has 0 aliphatic rings. The normalized spacial score (nSPS) is 17.6. The predicted octanol–water partition coefficient (Wildman–Crippen LogP) is 4.42. The summed E-state index contributed by atoms with van der Waals surface area (Å²) in [6.07, 6.45) is 6.14. The molecule has 0 fully saturated rings. The molecule has 0 saturated heterocycles. The summed E-state index contributed by atoms with van der Waals surface area (Å²) >= 11 is 0. The lowest BCUT2D eigenvalue weighted by Gasteiger charge is -2.22. The molecule has 0 aliphatic heterocycles. The average Bonchev–Trinajstić information content (AvgIpc) is 2.06. The second-order valence-electron chi connectivity index (χ2n) is 3.76. The maximum absolute atomic E-state index is 2.38. The van der Waals surface area contributed by atoms with E-state index in [1.165, 1.54) is 19.3 Å². The molecule has 0 aliphatic carbocycles. The molecule has 72 valence electrons. The van der Waals surface area contributed by atoms with Gasteiger partial charge in [0.05, 0.1) is 0 Å². The van der Waals surface area contributed by atoms with E-state index in [2.05, 4.69) is 40.7 Å². The first-order valence-electron chi connectivity index (χ1n) is 5.33. The number of rotatable bonds is 5. The number of hydrogen-bond donors (Lipinski definition) is 0. The highest BCUT2D eigenvalue weighted by molar-refractivity contribution is 5.03. The van der Waals surface area contributed by atoms with Crippen molar-refractivity contribution < 1.29 is 0 Å². The quantitative estimate of drug-likeness (QED) is 0.533. The Morgan fingerprint density at radius 2 is 1.75 bits per heavy atom. The molecule has 2 atom stereocenters. The van der Waals surface area contributed by atoms with Gasteiger partial charge >= 0.3 is 0 Å². The van der Waals surface area contributed by atoms with Crippen molar-refractivity contribution in [3.8, 4) is 0 Å². The van der Waals surface area contributed by atoms with E-state index in [0.717, 1.165) is 11.8 Å². The Hall–Kier alpha value is -0.260. The van der Waals surface area contributed by atoms with E-state index < -0.39 is 0 Å². The van der Waals surface area contributed by atoms with Crippen molar-refractivity contribution in [1.29, 1.82) is 0 Å². The fourth-order valence-corrected chi connectivity index (χ4v) is 1.93. The van der Waals surface area contributed by atoms with Gasteiger partial charge in [-0.15, -0.1) is 0 Å². The van der Waals surface area contributed by atoms with Crippen molar-refractivity contribution in [2.45, 2.75) is 53.9 Å². The Morgan fingerprint density at radius 1 is 1.17 bits per heavy atom. The zero-order chi connectivity index (χ0) is 9.56.